The van der Waals surface area contributed by atoms with E-state index in [1.54, 1.807) is 0 Å². The van der Waals surface area contributed by atoms with Crippen molar-refractivity contribution in [1.82, 2.24) is 9.78 Å². The minimum atomic E-state index is -4.02. The molecule has 0 aliphatic heterocycles. The normalized spacial score (nSPS) is 11.9. The van der Waals surface area contributed by atoms with Gasteiger partial charge in [-0.05, 0) is 6.42 Å². The van der Waals surface area contributed by atoms with E-state index in [2.05, 4.69) is 5.10 Å². The Morgan fingerprint density at radius 1 is 1.64 bits per heavy atom. The Labute approximate surface area is 86.1 Å². The van der Waals surface area contributed by atoms with E-state index in [1.807, 2.05) is 6.92 Å². The Morgan fingerprint density at radius 3 is 2.71 bits per heavy atom. The molecule has 0 aliphatic rings. The van der Waals surface area contributed by atoms with Crippen LogP contribution in [0.5, 0.6) is 0 Å². The van der Waals surface area contributed by atoms with Crippen molar-refractivity contribution in [3.8, 4) is 0 Å². The molecule has 0 spiro atoms. The van der Waals surface area contributed by atoms with Crippen LogP contribution < -0.4 is 0 Å². The minimum Gasteiger partial charge on any atom is -0.238 e. The molecule has 0 atom stereocenters. The van der Waals surface area contributed by atoms with Crippen molar-refractivity contribution in [2.45, 2.75) is 31.2 Å². The third-order valence-electron chi connectivity index (χ3n) is 1.73. The quantitative estimate of drug-likeness (QED) is 0.754. The van der Waals surface area contributed by atoms with Gasteiger partial charge in [0.15, 0.2) is 4.90 Å². The highest BCUT2D eigenvalue weighted by Crippen LogP contribution is 2.18. The van der Waals surface area contributed by atoms with Crippen LogP contribution in [0, 0.1) is 5.95 Å². The van der Waals surface area contributed by atoms with Gasteiger partial charge in [-0.1, -0.05) is 13.3 Å². The largest absolute Gasteiger partial charge is 0.267 e. The fraction of sp³-hybridized carbons (Fsp3) is 0.571. The number of hydrogen-bond acceptors (Lipinski definition) is 3. The van der Waals surface area contributed by atoms with Gasteiger partial charge in [0.25, 0.3) is 9.05 Å². The highest BCUT2D eigenvalue weighted by atomic mass is 35.7. The lowest BCUT2D eigenvalue weighted by molar-refractivity contribution is 0.432. The zero-order chi connectivity index (χ0) is 10.8. The van der Waals surface area contributed by atoms with Crippen LogP contribution in [0.15, 0.2) is 11.1 Å². The molecule has 0 N–H and O–H groups in total. The topological polar surface area (TPSA) is 52.0 Å². The zero-order valence-corrected chi connectivity index (χ0v) is 9.15. The smallest absolute Gasteiger partial charge is 0.238 e. The minimum absolute atomic E-state index is 0.356. The van der Waals surface area contributed by atoms with E-state index in [1.165, 1.54) is 0 Å². The molecule has 7 heteroatoms. The Kier molecular flexibility index (Phi) is 3.49. The van der Waals surface area contributed by atoms with Gasteiger partial charge in [-0.15, -0.1) is 0 Å². The first-order valence-electron chi connectivity index (χ1n) is 4.12. The van der Waals surface area contributed by atoms with Crippen molar-refractivity contribution in [2.24, 2.45) is 0 Å². The third kappa shape index (κ3) is 2.45. The summed E-state index contributed by atoms with van der Waals surface area (Å²) in [6.45, 7) is 2.30. The molecule has 80 valence electrons. The molecule has 0 unspecified atom stereocenters. The third-order valence-corrected chi connectivity index (χ3v) is 3.03. The Hall–Kier alpha value is -0.620. The summed E-state index contributed by atoms with van der Waals surface area (Å²) in [5.74, 6) is -0.895. The summed E-state index contributed by atoms with van der Waals surface area (Å²) in [6.07, 6.45) is 2.54. The molecule has 0 radical (unpaired) electrons. The molecular formula is C7H10ClFN2O2S. The van der Waals surface area contributed by atoms with Crippen LogP contribution in [-0.4, -0.2) is 18.2 Å². The second-order valence-corrected chi connectivity index (χ2v) is 5.35. The second-order valence-electron chi connectivity index (χ2n) is 2.81. The molecule has 0 amide bonds. The number of halogens is 2. The number of aromatic nitrogens is 2. The fourth-order valence-corrected chi connectivity index (χ4v) is 1.77. The van der Waals surface area contributed by atoms with E-state index in [0.29, 0.717) is 6.54 Å². The van der Waals surface area contributed by atoms with Gasteiger partial charge in [0.2, 0.25) is 5.95 Å². The maximum Gasteiger partial charge on any atom is 0.267 e. The van der Waals surface area contributed by atoms with Gasteiger partial charge < -0.3 is 0 Å². The van der Waals surface area contributed by atoms with Crippen LogP contribution in [0.1, 0.15) is 19.8 Å². The maximum absolute atomic E-state index is 13.3. The van der Waals surface area contributed by atoms with E-state index >= 15 is 0 Å². The molecular weight excluding hydrogens is 231 g/mol. The molecule has 4 nitrogen and oxygen atoms in total. The summed E-state index contributed by atoms with van der Waals surface area (Å²) < 4.78 is 35.9. The molecule has 0 aromatic carbocycles. The van der Waals surface area contributed by atoms with E-state index in [4.69, 9.17) is 10.7 Å². The van der Waals surface area contributed by atoms with Crippen LogP contribution in [0.25, 0.3) is 0 Å². The molecule has 1 aromatic rings. The summed E-state index contributed by atoms with van der Waals surface area (Å²) in [7, 11) is 0.966. The standard InChI is InChI=1S/C7H10ClFN2O2S/c1-2-3-4-11-7(9)6(5-10-11)14(8,12)13/h5H,2-4H2,1H3. The summed E-state index contributed by atoms with van der Waals surface area (Å²) in [5, 5.41) is 3.60. The van der Waals surface area contributed by atoms with Gasteiger partial charge in [-0.3, -0.25) is 0 Å². The first-order valence-corrected chi connectivity index (χ1v) is 6.43. The maximum atomic E-state index is 13.3. The number of rotatable bonds is 4. The van der Waals surface area contributed by atoms with Gasteiger partial charge >= 0.3 is 0 Å². The van der Waals surface area contributed by atoms with Gasteiger partial charge in [0, 0.05) is 17.2 Å². The molecule has 0 aliphatic carbocycles. The summed E-state index contributed by atoms with van der Waals surface area (Å²) >= 11 is 0. The number of unbranched alkanes of at least 4 members (excludes halogenated alkanes) is 1. The molecule has 0 fully saturated rings. The first-order chi connectivity index (χ1) is 6.46. The Balaban J connectivity index is 2.97. The first kappa shape index (κ1) is 11.5. The predicted molar refractivity (Wildman–Crippen MR) is 50.1 cm³/mol. The second kappa shape index (κ2) is 4.27. The lowest BCUT2D eigenvalue weighted by Crippen LogP contribution is -2.04. The van der Waals surface area contributed by atoms with Crippen LogP contribution in [-0.2, 0) is 15.6 Å². The molecule has 0 bridgehead atoms. The van der Waals surface area contributed by atoms with Crippen molar-refractivity contribution in [3.05, 3.63) is 12.1 Å². The monoisotopic (exact) mass is 240 g/mol. The van der Waals surface area contributed by atoms with Crippen molar-refractivity contribution in [1.29, 1.82) is 0 Å². The van der Waals surface area contributed by atoms with Crippen LogP contribution >= 0.6 is 10.7 Å². The average Bonchev–Trinajstić information content (AvgIpc) is 2.42. The van der Waals surface area contributed by atoms with Gasteiger partial charge in [0.05, 0.1) is 6.20 Å². The van der Waals surface area contributed by atoms with E-state index in [9.17, 15) is 12.8 Å². The highest BCUT2D eigenvalue weighted by molar-refractivity contribution is 8.13. The van der Waals surface area contributed by atoms with Crippen LogP contribution in [0.3, 0.4) is 0 Å². The SMILES string of the molecule is CCCCn1ncc(S(=O)(=O)Cl)c1F. The van der Waals surface area contributed by atoms with E-state index in [-0.39, 0.29) is 0 Å². The van der Waals surface area contributed by atoms with Crippen LogP contribution in [0.2, 0.25) is 0 Å². The fourth-order valence-electron chi connectivity index (χ4n) is 0.981. The summed E-state index contributed by atoms with van der Waals surface area (Å²) in [4.78, 5) is -0.560. The van der Waals surface area contributed by atoms with E-state index < -0.39 is 19.9 Å². The summed E-state index contributed by atoms with van der Waals surface area (Å²) in [5.41, 5.74) is 0. The number of hydrogen-bond donors (Lipinski definition) is 0. The molecule has 14 heavy (non-hydrogen) atoms. The molecule has 0 saturated carbocycles. The Morgan fingerprint density at radius 2 is 2.29 bits per heavy atom. The zero-order valence-electron chi connectivity index (χ0n) is 7.57. The molecule has 1 aromatic heterocycles. The van der Waals surface area contributed by atoms with Crippen molar-refractivity contribution >= 4 is 19.7 Å². The van der Waals surface area contributed by atoms with Crippen molar-refractivity contribution in [3.63, 3.8) is 0 Å². The van der Waals surface area contributed by atoms with Crippen molar-refractivity contribution < 1.29 is 12.8 Å². The lowest BCUT2D eigenvalue weighted by atomic mass is 10.3. The van der Waals surface area contributed by atoms with E-state index in [0.717, 1.165) is 23.7 Å². The Bertz CT molecular complexity index is 415. The van der Waals surface area contributed by atoms with Crippen LogP contribution in [0.4, 0.5) is 4.39 Å². The lowest BCUT2D eigenvalue weighted by Gasteiger charge is -1.99. The highest BCUT2D eigenvalue weighted by Gasteiger charge is 2.20. The predicted octanol–water partition coefficient (Wildman–Crippen LogP) is 1.75. The van der Waals surface area contributed by atoms with Crippen molar-refractivity contribution in [2.75, 3.05) is 0 Å². The van der Waals surface area contributed by atoms with Gasteiger partial charge in [-0.2, -0.15) is 9.49 Å². The summed E-state index contributed by atoms with van der Waals surface area (Å²) in [6, 6.07) is 0. The number of nitrogens with zero attached hydrogens (tertiary/aromatic N) is 2. The number of aryl methyl sites for hydroxylation is 1. The molecule has 1 heterocycles. The molecule has 1 rings (SSSR count). The average molecular weight is 241 g/mol. The van der Waals surface area contributed by atoms with Gasteiger partial charge in [0.1, 0.15) is 0 Å². The molecule has 0 saturated heterocycles. The van der Waals surface area contributed by atoms with Gasteiger partial charge in [-0.25, -0.2) is 13.1 Å².